The molecule has 0 aliphatic rings. The third-order valence-corrected chi connectivity index (χ3v) is 2.08. The average Bonchev–Trinajstić information content (AvgIpc) is 2.74. The van der Waals surface area contributed by atoms with Crippen LogP contribution >= 0.6 is 0 Å². The number of aromatic nitrogens is 1. The quantitative estimate of drug-likeness (QED) is 0.741. The van der Waals surface area contributed by atoms with Gasteiger partial charge in [-0.1, -0.05) is 6.07 Å². The molecule has 0 bridgehead atoms. The summed E-state index contributed by atoms with van der Waals surface area (Å²) in [6, 6.07) is 7.28. The number of carboxylic acids is 1. The summed E-state index contributed by atoms with van der Waals surface area (Å²) in [6.07, 6.45) is -3.25. The SMILES string of the molecule is NC(=O)c1ccc2cc[nH]c2c1.O=C(O)C(F)(F)F. The van der Waals surface area contributed by atoms with Crippen LogP contribution in [0.15, 0.2) is 30.5 Å². The average molecular weight is 274 g/mol. The summed E-state index contributed by atoms with van der Waals surface area (Å²) in [5.41, 5.74) is 6.59. The smallest absolute Gasteiger partial charge is 0.475 e. The number of hydrogen-bond donors (Lipinski definition) is 3. The Bertz CT molecular complexity index is 604. The normalized spacial score (nSPS) is 10.7. The third-order valence-electron chi connectivity index (χ3n) is 2.08. The summed E-state index contributed by atoms with van der Waals surface area (Å²) in [6.45, 7) is 0. The molecule has 1 aromatic heterocycles. The highest BCUT2D eigenvalue weighted by atomic mass is 19.4. The van der Waals surface area contributed by atoms with Crippen molar-refractivity contribution in [3.05, 3.63) is 36.0 Å². The van der Waals surface area contributed by atoms with Crippen molar-refractivity contribution >= 4 is 22.8 Å². The standard InChI is InChI=1S/C9H8N2O.C2HF3O2/c10-9(12)7-2-1-6-3-4-11-8(6)5-7;3-2(4,5)1(6)7/h1-5,11H,(H2,10,12);(H,6,7). The Morgan fingerprint density at radius 2 is 1.79 bits per heavy atom. The summed E-state index contributed by atoms with van der Waals surface area (Å²) < 4.78 is 31.7. The van der Waals surface area contributed by atoms with E-state index in [2.05, 4.69) is 4.98 Å². The van der Waals surface area contributed by atoms with Gasteiger partial charge in [-0.15, -0.1) is 0 Å². The van der Waals surface area contributed by atoms with Crippen molar-refractivity contribution in [3.63, 3.8) is 0 Å². The predicted molar refractivity (Wildman–Crippen MR) is 60.5 cm³/mol. The minimum absolute atomic E-state index is 0.397. The second kappa shape index (κ2) is 5.42. The highest BCUT2D eigenvalue weighted by molar-refractivity contribution is 5.96. The molecule has 0 saturated carbocycles. The van der Waals surface area contributed by atoms with Crippen LogP contribution in [-0.4, -0.2) is 28.1 Å². The number of amides is 1. The van der Waals surface area contributed by atoms with Gasteiger partial charge in [0.05, 0.1) is 0 Å². The highest BCUT2D eigenvalue weighted by Crippen LogP contribution is 2.13. The highest BCUT2D eigenvalue weighted by Gasteiger charge is 2.38. The van der Waals surface area contributed by atoms with Gasteiger partial charge >= 0.3 is 12.1 Å². The molecule has 102 valence electrons. The lowest BCUT2D eigenvalue weighted by molar-refractivity contribution is -0.192. The fourth-order valence-electron chi connectivity index (χ4n) is 1.20. The Kier molecular flexibility index (Phi) is 4.15. The van der Waals surface area contributed by atoms with Gasteiger partial charge in [0.1, 0.15) is 0 Å². The summed E-state index contributed by atoms with van der Waals surface area (Å²) in [5.74, 6) is -3.15. The van der Waals surface area contributed by atoms with E-state index in [1.807, 2.05) is 18.3 Å². The molecule has 4 N–H and O–H groups in total. The number of rotatable bonds is 1. The fraction of sp³-hybridized carbons (Fsp3) is 0.0909. The Labute approximate surface area is 104 Å². The molecule has 0 aliphatic carbocycles. The molecular formula is C11H9F3N2O3. The minimum Gasteiger partial charge on any atom is -0.475 e. The van der Waals surface area contributed by atoms with Crippen molar-refractivity contribution in [1.82, 2.24) is 4.98 Å². The maximum Gasteiger partial charge on any atom is 0.490 e. The van der Waals surface area contributed by atoms with Gasteiger partial charge in [-0.2, -0.15) is 13.2 Å². The zero-order valence-corrected chi connectivity index (χ0v) is 9.36. The number of carboxylic acid groups (broad SMARTS) is 1. The van der Waals surface area contributed by atoms with Crippen LogP contribution in [0.25, 0.3) is 10.9 Å². The monoisotopic (exact) mass is 274 g/mol. The Hall–Kier alpha value is -2.51. The van der Waals surface area contributed by atoms with Gasteiger partial charge in [-0.05, 0) is 23.6 Å². The molecule has 0 aliphatic heterocycles. The lowest BCUT2D eigenvalue weighted by Gasteiger charge is -1.94. The summed E-state index contributed by atoms with van der Waals surface area (Å²) in [7, 11) is 0. The van der Waals surface area contributed by atoms with Gasteiger partial charge in [-0.25, -0.2) is 4.79 Å². The number of carbonyl (C=O) groups is 2. The van der Waals surface area contributed by atoms with Crippen molar-refractivity contribution < 1.29 is 27.9 Å². The van der Waals surface area contributed by atoms with Crippen LogP contribution in [0.3, 0.4) is 0 Å². The fourth-order valence-corrected chi connectivity index (χ4v) is 1.20. The molecule has 19 heavy (non-hydrogen) atoms. The number of H-pyrrole nitrogens is 1. The number of aromatic amines is 1. The number of fused-ring (bicyclic) bond motifs is 1. The Morgan fingerprint density at radius 3 is 2.26 bits per heavy atom. The van der Waals surface area contributed by atoms with Crippen molar-refractivity contribution in [2.75, 3.05) is 0 Å². The minimum atomic E-state index is -5.08. The van der Waals surface area contributed by atoms with Crippen LogP contribution < -0.4 is 5.73 Å². The van der Waals surface area contributed by atoms with Gasteiger partial charge in [0, 0.05) is 17.3 Å². The molecule has 1 amide bonds. The van der Waals surface area contributed by atoms with Gasteiger partial charge in [-0.3, -0.25) is 4.79 Å². The van der Waals surface area contributed by atoms with E-state index in [0.717, 1.165) is 10.9 Å². The van der Waals surface area contributed by atoms with Crippen LogP contribution in [-0.2, 0) is 4.79 Å². The topological polar surface area (TPSA) is 96.2 Å². The van der Waals surface area contributed by atoms with Crippen molar-refractivity contribution in [2.24, 2.45) is 5.73 Å². The van der Waals surface area contributed by atoms with Crippen molar-refractivity contribution in [2.45, 2.75) is 6.18 Å². The van der Waals surface area contributed by atoms with Gasteiger partial charge in [0.2, 0.25) is 5.91 Å². The molecule has 5 nitrogen and oxygen atoms in total. The van der Waals surface area contributed by atoms with Crippen molar-refractivity contribution in [3.8, 4) is 0 Å². The largest absolute Gasteiger partial charge is 0.490 e. The number of benzene rings is 1. The maximum absolute atomic E-state index is 10.8. The van der Waals surface area contributed by atoms with E-state index in [4.69, 9.17) is 15.6 Å². The predicted octanol–water partition coefficient (Wildman–Crippen LogP) is 1.90. The first-order chi connectivity index (χ1) is 8.71. The van der Waals surface area contributed by atoms with E-state index in [1.54, 1.807) is 12.1 Å². The second-order valence-corrected chi connectivity index (χ2v) is 3.45. The lowest BCUT2D eigenvalue weighted by Crippen LogP contribution is -2.21. The number of primary amides is 1. The van der Waals surface area contributed by atoms with E-state index in [9.17, 15) is 18.0 Å². The van der Waals surface area contributed by atoms with E-state index < -0.39 is 18.1 Å². The van der Waals surface area contributed by atoms with E-state index in [-0.39, 0.29) is 0 Å². The van der Waals surface area contributed by atoms with Gasteiger partial charge in [0.15, 0.2) is 0 Å². The van der Waals surface area contributed by atoms with Gasteiger partial charge < -0.3 is 15.8 Å². The number of hydrogen-bond acceptors (Lipinski definition) is 2. The molecule has 2 aromatic rings. The molecule has 0 radical (unpaired) electrons. The number of alkyl halides is 3. The molecule has 0 spiro atoms. The maximum atomic E-state index is 10.8. The molecule has 1 heterocycles. The number of halogens is 3. The molecule has 8 heteroatoms. The number of carbonyl (C=O) groups excluding carboxylic acids is 1. The number of nitrogens with two attached hydrogens (primary N) is 1. The van der Waals surface area contributed by atoms with Crippen LogP contribution in [0.4, 0.5) is 13.2 Å². The zero-order valence-electron chi connectivity index (χ0n) is 9.36. The summed E-state index contributed by atoms with van der Waals surface area (Å²) in [4.78, 5) is 22.7. The van der Waals surface area contributed by atoms with Crippen LogP contribution in [0.5, 0.6) is 0 Å². The van der Waals surface area contributed by atoms with E-state index >= 15 is 0 Å². The van der Waals surface area contributed by atoms with Crippen LogP contribution in [0, 0.1) is 0 Å². The molecule has 2 rings (SSSR count). The first kappa shape index (κ1) is 14.6. The summed E-state index contributed by atoms with van der Waals surface area (Å²) >= 11 is 0. The Balaban J connectivity index is 0.000000224. The molecular weight excluding hydrogens is 265 g/mol. The first-order valence-corrected chi connectivity index (χ1v) is 4.89. The van der Waals surface area contributed by atoms with Crippen molar-refractivity contribution in [1.29, 1.82) is 0 Å². The molecule has 0 unspecified atom stereocenters. The Morgan fingerprint density at radius 1 is 1.21 bits per heavy atom. The summed E-state index contributed by atoms with van der Waals surface area (Å²) in [5, 5.41) is 8.21. The molecule has 0 fully saturated rings. The zero-order chi connectivity index (χ0) is 14.6. The van der Waals surface area contributed by atoms with Crippen LogP contribution in [0.2, 0.25) is 0 Å². The van der Waals surface area contributed by atoms with E-state index in [0.29, 0.717) is 5.56 Å². The number of aliphatic carboxylic acids is 1. The van der Waals surface area contributed by atoms with Crippen LogP contribution in [0.1, 0.15) is 10.4 Å². The third kappa shape index (κ3) is 4.02. The molecule has 0 saturated heterocycles. The molecule has 0 atom stereocenters. The first-order valence-electron chi connectivity index (χ1n) is 4.89. The lowest BCUT2D eigenvalue weighted by atomic mass is 10.1. The van der Waals surface area contributed by atoms with E-state index in [1.165, 1.54) is 0 Å². The second-order valence-electron chi connectivity index (χ2n) is 3.45. The molecule has 1 aromatic carbocycles. The van der Waals surface area contributed by atoms with Gasteiger partial charge in [0.25, 0.3) is 0 Å². The number of nitrogens with one attached hydrogen (secondary N) is 1.